The lowest BCUT2D eigenvalue weighted by Crippen LogP contribution is -2.15. The Labute approximate surface area is 322 Å². The minimum atomic E-state index is 0.124. The number of hydrogen-bond acceptors (Lipinski definition) is 3. The Bertz CT molecular complexity index is 3280. The maximum Gasteiger partial charge on any atom is 0.161 e. The SMILES string of the molecule is N=C(/N=C(\N=C\c1cccc2c(N3c4cc5ccccc5cc4-c4cccc5cccc3c45)cccc12)c1ccccc1)c1ccc2oc3ccccc3c2c1. The van der Waals surface area contributed by atoms with Crippen LogP contribution >= 0.6 is 0 Å². The Morgan fingerprint density at radius 2 is 1.16 bits per heavy atom. The lowest BCUT2D eigenvalue weighted by Gasteiger charge is -2.34. The molecular formula is C51H32N4O. The van der Waals surface area contributed by atoms with Crippen molar-refractivity contribution in [1.29, 1.82) is 5.41 Å². The van der Waals surface area contributed by atoms with Crippen LogP contribution < -0.4 is 4.90 Å². The van der Waals surface area contributed by atoms with Gasteiger partial charge < -0.3 is 9.32 Å². The summed E-state index contributed by atoms with van der Waals surface area (Å²) >= 11 is 0. The van der Waals surface area contributed by atoms with Gasteiger partial charge in [-0.2, -0.15) is 0 Å². The number of hydrogen-bond donors (Lipinski definition) is 1. The van der Waals surface area contributed by atoms with Crippen LogP contribution in [0.3, 0.4) is 0 Å². The first-order valence-corrected chi connectivity index (χ1v) is 18.7. The van der Waals surface area contributed by atoms with Gasteiger partial charge in [-0.1, -0.05) is 133 Å². The van der Waals surface area contributed by atoms with Crippen molar-refractivity contribution in [2.24, 2.45) is 9.98 Å². The molecule has 262 valence electrons. The lowest BCUT2D eigenvalue weighted by molar-refractivity contribution is 0.669. The first-order chi connectivity index (χ1) is 27.7. The molecule has 1 aromatic heterocycles. The zero-order valence-corrected chi connectivity index (χ0v) is 30.1. The quantitative estimate of drug-likeness (QED) is 0.146. The Morgan fingerprint density at radius 1 is 0.482 bits per heavy atom. The maximum absolute atomic E-state index is 9.11. The zero-order chi connectivity index (χ0) is 37.2. The molecule has 0 aliphatic carbocycles. The molecule has 0 amide bonds. The van der Waals surface area contributed by atoms with Crippen LogP contribution in [0.4, 0.5) is 17.1 Å². The van der Waals surface area contributed by atoms with Gasteiger partial charge >= 0.3 is 0 Å². The molecule has 5 nitrogen and oxygen atoms in total. The number of anilines is 3. The number of aliphatic imine (C=N–C) groups is 2. The first-order valence-electron chi connectivity index (χ1n) is 18.7. The van der Waals surface area contributed by atoms with E-state index in [0.717, 1.165) is 60.9 Å². The van der Waals surface area contributed by atoms with E-state index in [2.05, 4.69) is 114 Å². The molecule has 1 aliphatic rings. The van der Waals surface area contributed by atoms with Gasteiger partial charge in [0.2, 0.25) is 0 Å². The molecule has 0 bridgehead atoms. The van der Waals surface area contributed by atoms with Gasteiger partial charge in [-0.05, 0) is 75.6 Å². The van der Waals surface area contributed by atoms with E-state index in [1.807, 2.05) is 79.0 Å². The van der Waals surface area contributed by atoms with Crippen LogP contribution in [0.5, 0.6) is 0 Å². The van der Waals surface area contributed by atoms with E-state index in [1.54, 1.807) is 0 Å². The largest absolute Gasteiger partial charge is 0.456 e. The summed E-state index contributed by atoms with van der Waals surface area (Å²) in [7, 11) is 0. The van der Waals surface area contributed by atoms with Gasteiger partial charge in [0.05, 0.1) is 17.1 Å². The normalized spacial score (nSPS) is 12.7. The fraction of sp³-hybridized carbons (Fsp3) is 0. The summed E-state index contributed by atoms with van der Waals surface area (Å²) in [4.78, 5) is 12.3. The van der Waals surface area contributed by atoms with E-state index < -0.39 is 0 Å². The number of amidine groups is 2. The number of para-hydroxylation sites is 1. The number of nitrogens with zero attached hydrogens (tertiary/aromatic N) is 3. The van der Waals surface area contributed by atoms with E-state index in [-0.39, 0.29) is 5.84 Å². The molecule has 0 unspecified atom stereocenters. The summed E-state index contributed by atoms with van der Waals surface area (Å²) in [6.45, 7) is 0. The van der Waals surface area contributed by atoms with Crippen LogP contribution in [0.25, 0.3) is 65.4 Å². The summed E-state index contributed by atoms with van der Waals surface area (Å²) < 4.78 is 6.04. The van der Waals surface area contributed by atoms with E-state index in [0.29, 0.717) is 11.4 Å². The van der Waals surface area contributed by atoms with Gasteiger partial charge in [-0.25, -0.2) is 9.98 Å². The van der Waals surface area contributed by atoms with E-state index in [1.165, 1.54) is 32.7 Å². The summed E-state index contributed by atoms with van der Waals surface area (Å²) in [6.07, 6.45) is 1.88. The smallest absolute Gasteiger partial charge is 0.161 e. The Balaban J connectivity index is 1.04. The fourth-order valence-electron chi connectivity index (χ4n) is 8.31. The van der Waals surface area contributed by atoms with Gasteiger partial charge in [-0.15, -0.1) is 0 Å². The Morgan fingerprint density at radius 3 is 2.05 bits per heavy atom. The summed E-state index contributed by atoms with van der Waals surface area (Å²) in [5.74, 6) is 0.583. The third kappa shape index (κ3) is 5.13. The van der Waals surface area contributed by atoms with Crippen LogP contribution in [-0.4, -0.2) is 17.9 Å². The molecule has 11 rings (SSSR count). The van der Waals surface area contributed by atoms with Gasteiger partial charge in [-0.3, -0.25) is 5.41 Å². The average Bonchev–Trinajstić information content (AvgIpc) is 3.63. The van der Waals surface area contributed by atoms with Crippen molar-refractivity contribution in [1.82, 2.24) is 0 Å². The molecule has 0 saturated carbocycles. The molecule has 1 aliphatic heterocycles. The van der Waals surface area contributed by atoms with E-state index >= 15 is 0 Å². The molecule has 0 spiro atoms. The number of furan rings is 1. The molecule has 56 heavy (non-hydrogen) atoms. The Kier molecular flexibility index (Phi) is 7.25. The van der Waals surface area contributed by atoms with Crippen LogP contribution in [0.15, 0.2) is 196 Å². The molecule has 5 heteroatoms. The highest BCUT2D eigenvalue weighted by molar-refractivity contribution is 6.19. The molecule has 2 heterocycles. The van der Waals surface area contributed by atoms with Crippen LogP contribution in [0.2, 0.25) is 0 Å². The number of nitrogens with one attached hydrogen (secondary N) is 1. The van der Waals surface area contributed by atoms with Crippen molar-refractivity contribution in [3.63, 3.8) is 0 Å². The van der Waals surface area contributed by atoms with Crippen molar-refractivity contribution in [3.8, 4) is 11.1 Å². The molecular weight excluding hydrogens is 685 g/mol. The second-order valence-corrected chi connectivity index (χ2v) is 14.2. The molecule has 0 fully saturated rings. The van der Waals surface area contributed by atoms with Crippen LogP contribution in [0, 0.1) is 5.41 Å². The standard InChI is InChI=1S/C51H32N4O/c52-50(36-26-27-48-43(29-36)40-19-6-7-25-47(40)56-48)54-51(33-12-2-1-3-13-33)53-31-37-18-9-21-39-38(37)20-11-23-44(39)55-45-24-10-17-32-16-8-22-41(49(32)45)42-28-34-14-4-5-15-35(34)30-46(42)55/h1-31,52H/b52-50?,53-31+,54-51-. The molecule has 1 N–H and O–H groups in total. The molecule has 10 aromatic rings. The second kappa shape index (κ2) is 12.8. The zero-order valence-electron chi connectivity index (χ0n) is 30.1. The van der Waals surface area contributed by atoms with Gasteiger partial charge in [0.25, 0.3) is 0 Å². The fourth-order valence-corrected chi connectivity index (χ4v) is 8.31. The van der Waals surface area contributed by atoms with Crippen LogP contribution in [-0.2, 0) is 0 Å². The van der Waals surface area contributed by atoms with Gasteiger partial charge in [0.1, 0.15) is 11.2 Å². The highest BCUT2D eigenvalue weighted by Crippen LogP contribution is 2.53. The lowest BCUT2D eigenvalue weighted by atomic mass is 9.89. The third-order valence-electron chi connectivity index (χ3n) is 10.9. The third-order valence-corrected chi connectivity index (χ3v) is 10.9. The molecule has 0 atom stereocenters. The summed E-state index contributed by atoms with van der Waals surface area (Å²) in [5, 5.41) is 18.2. The summed E-state index contributed by atoms with van der Waals surface area (Å²) in [5.41, 5.74) is 9.95. The Hall–Kier alpha value is -7.63. The highest BCUT2D eigenvalue weighted by Gasteiger charge is 2.27. The van der Waals surface area contributed by atoms with Crippen molar-refractivity contribution >= 4 is 89.2 Å². The first kappa shape index (κ1) is 31.9. The predicted molar refractivity (Wildman–Crippen MR) is 234 cm³/mol. The molecule has 0 radical (unpaired) electrons. The average molecular weight is 717 g/mol. The molecule has 0 saturated heterocycles. The van der Waals surface area contributed by atoms with Gasteiger partial charge in [0, 0.05) is 50.0 Å². The summed E-state index contributed by atoms with van der Waals surface area (Å²) in [6, 6.07) is 63.0. The number of benzene rings is 9. The van der Waals surface area contributed by atoms with Crippen molar-refractivity contribution in [3.05, 3.63) is 199 Å². The van der Waals surface area contributed by atoms with Crippen molar-refractivity contribution in [2.45, 2.75) is 0 Å². The number of fused-ring (bicyclic) bond motifs is 7. The maximum atomic E-state index is 9.11. The minimum absolute atomic E-state index is 0.124. The predicted octanol–water partition coefficient (Wildman–Crippen LogP) is 13.4. The highest BCUT2D eigenvalue weighted by atomic mass is 16.3. The minimum Gasteiger partial charge on any atom is -0.456 e. The number of rotatable bonds is 4. The van der Waals surface area contributed by atoms with Crippen molar-refractivity contribution in [2.75, 3.05) is 4.90 Å². The van der Waals surface area contributed by atoms with E-state index in [4.69, 9.17) is 19.8 Å². The topological polar surface area (TPSA) is 65.0 Å². The monoisotopic (exact) mass is 716 g/mol. The second-order valence-electron chi connectivity index (χ2n) is 14.2. The van der Waals surface area contributed by atoms with Gasteiger partial charge in [0.15, 0.2) is 11.7 Å². The van der Waals surface area contributed by atoms with Crippen LogP contribution in [0.1, 0.15) is 16.7 Å². The van der Waals surface area contributed by atoms with Crippen molar-refractivity contribution < 1.29 is 4.42 Å². The molecule has 9 aromatic carbocycles. The van der Waals surface area contributed by atoms with E-state index in [9.17, 15) is 0 Å².